The Labute approximate surface area is 136 Å². The molecule has 0 aliphatic carbocycles. The van der Waals surface area contributed by atoms with Crippen molar-refractivity contribution in [3.8, 4) is 0 Å². The Morgan fingerprint density at radius 3 is 2.54 bits per heavy atom. The Morgan fingerprint density at radius 2 is 1.83 bits per heavy atom. The van der Waals surface area contributed by atoms with Gasteiger partial charge in [-0.1, -0.05) is 24.3 Å². The third-order valence-electron chi connectivity index (χ3n) is 3.62. The zero-order valence-corrected chi connectivity index (χ0v) is 12.9. The molecule has 0 atom stereocenters. The summed E-state index contributed by atoms with van der Waals surface area (Å²) in [6.07, 6.45) is -0.565. The number of ether oxygens (including phenoxy) is 1. The number of anilines is 1. The second-order valence-corrected chi connectivity index (χ2v) is 5.18. The summed E-state index contributed by atoms with van der Waals surface area (Å²) in [6, 6.07) is 13.7. The summed E-state index contributed by atoms with van der Waals surface area (Å²) in [5.74, 6) is 0. The average Bonchev–Trinajstić information content (AvgIpc) is 2.60. The van der Waals surface area contributed by atoms with E-state index in [-0.39, 0.29) is 12.1 Å². The number of hydrogen-bond donors (Lipinski definition) is 2. The van der Waals surface area contributed by atoms with Crippen molar-refractivity contribution in [2.24, 2.45) is 0 Å². The van der Waals surface area contributed by atoms with Crippen LogP contribution in [0.4, 0.5) is 10.5 Å². The maximum atomic E-state index is 12.5. The third kappa shape index (κ3) is 3.05. The number of nitrogens with one attached hydrogen (secondary N) is 2. The summed E-state index contributed by atoms with van der Waals surface area (Å²) in [5.41, 5.74) is 1.03. The number of amides is 1. The van der Waals surface area contributed by atoms with Gasteiger partial charge in [-0.05, 0) is 29.8 Å². The van der Waals surface area contributed by atoms with Crippen LogP contribution in [0.25, 0.3) is 10.9 Å². The molecule has 0 unspecified atom stereocenters. The number of rotatable bonds is 3. The monoisotopic (exact) mass is 325 g/mol. The lowest BCUT2D eigenvalue weighted by atomic mass is 10.2. The Hall–Kier alpha value is -3.35. The van der Waals surface area contributed by atoms with Crippen LogP contribution in [0, 0.1) is 0 Å². The number of para-hydroxylation sites is 1. The van der Waals surface area contributed by atoms with Crippen LogP contribution in [0.2, 0.25) is 0 Å². The summed E-state index contributed by atoms with van der Waals surface area (Å²) < 4.78 is 5.66. The zero-order valence-electron chi connectivity index (χ0n) is 12.9. The highest BCUT2D eigenvalue weighted by Gasteiger charge is 2.08. The van der Waals surface area contributed by atoms with Crippen molar-refractivity contribution in [2.75, 3.05) is 12.4 Å². The molecular formula is C17H15N3O4. The molecule has 0 aliphatic heterocycles. The number of aromatic amines is 1. The van der Waals surface area contributed by atoms with Crippen molar-refractivity contribution in [3.63, 3.8) is 0 Å². The molecule has 1 aromatic heterocycles. The van der Waals surface area contributed by atoms with Crippen molar-refractivity contribution in [1.82, 2.24) is 9.55 Å². The Bertz CT molecular complexity index is 1000. The first kappa shape index (κ1) is 15.5. The SMILES string of the molecule is COC(=O)Nc1ccc(Cn2c(=O)[nH]c3ccccc3c2=O)cc1. The standard InChI is InChI=1S/C17H15N3O4/c1-24-17(23)18-12-8-6-11(7-9-12)10-20-15(21)13-4-2-3-5-14(13)19-16(20)22/h2-9H,10H2,1H3,(H,18,23)(H,19,22). The number of methoxy groups -OCH3 is 1. The average molecular weight is 325 g/mol. The molecule has 24 heavy (non-hydrogen) atoms. The molecule has 122 valence electrons. The molecule has 7 heteroatoms. The number of H-pyrrole nitrogens is 1. The van der Waals surface area contributed by atoms with Gasteiger partial charge in [-0.25, -0.2) is 9.59 Å². The molecule has 2 aromatic carbocycles. The highest BCUT2D eigenvalue weighted by molar-refractivity contribution is 5.84. The minimum Gasteiger partial charge on any atom is -0.453 e. The lowest BCUT2D eigenvalue weighted by Gasteiger charge is -2.08. The fourth-order valence-corrected chi connectivity index (χ4v) is 2.39. The van der Waals surface area contributed by atoms with Crippen molar-refractivity contribution >= 4 is 22.7 Å². The molecule has 3 rings (SSSR count). The molecule has 0 bridgehead atoms. The number of hydrogen-bond acceptors (Lipinski definition) is 4. The number of fused-ring (bicyclic) bond motifs is 1. The molecule has 0 radical (unpaired) electrons. The predicted octanol–water partition coefficient (Wildman–Crippen LogP) is 1.92. The fraction of sp³-hybridized carbons (Fsp3) is 0.118. The first-order valence-corrected chi connectivity index (χ1v) is 7.24. The number of carbonyl (C=O) groups excluding carboxylic acids is 1. The maximum absolute atomic E-state index is 12.5. The maximum Gasteiger partial charge on any atom is 0.411 e. The summed E-state index contributed by atoms with van der Waals surface area (Å²) in [4.78, 5) is 38.5. The highest BCUT2D eigenvalue weighted by Crippen LogP contribution is 2.10. The van der Waals surface area contributed by atoms with Gasteiger partial charge < -0.3 is 9.72 Å². The largest absolute Gasteiger partial charge is 0.453 e. The highest BCUT2D eigenvalue weighted by atomic mass is 16.5. The second-order valence-electron chi connectivity index (χ2n) is 5.18. The van der Waals surface area contributed by atoms with E-state index in [4.69, 9.17) is 0 Å². The molecule has 1 amide bonds. The Kier molecular flexibility index (Phi) is 4.15. The van der Waals surface area contributed by atoms with Crippen molar-refractivity contribution in [2.45, 2.75) is 6.54 Å². The van der Waals surface area contributed by atoms with Gasteiger partial charge in [0.2, 0.25) is 0 Å². The molecule has 1 heterocycles. The number of benzene rings is 2. The van der Waals surface area contributed by atoms with Crippen molar-refractivity contribution < 1.29 is 9.53 Å². The van der Waals surface area contributed by atoms with Crippen molar-refractivity contribution in [1.29, 1.82) is 0 Å². The number of carbonyl (C=O) groups is 1. The van der Waals surface area contributed by atoms with E-state index in [2.05, 4.69) is 15.0 Å². The predicted molar refractivity (Wildman–Crippen MR) is 90.4 cm³/mol. The van der Waals surface area contributed by atoms with Gasteiger partial charge in [0.15, 0.2) is 0 Å². The van der Waals surface area contributed by atoms with Gasteiger partial charge in [0, 0.05) is 5.69 Å². The Balaban J connectivity index is 1.91. The van der Waals surface area contributed by atoms with Gasteiger partial charge in [0.25, 0.3) is 5.56 Å². The van der Waals surface area contributed by atoms with E-state index in [1.54, 1.807) is 48.5 Å². The van der Waals surface area contributed by atoms with Gasteiger partial charge in [0.05, 0.1) is 24.6 Å². The van der Waals surface area contributed by atoms with Crippen LogP contribution in [0.5, 0.6) is 0 Å². The van der Waals surface area contributed by atoms with Gasteiger partial charge in [-0.15, -0.1) is 0 Å². The quantitative estimate of drug-likeness (QED) is 0.769. The smallest absolute Gasteiger partial charge is 0.411 e. The minimum absolute atomic E-state index is 0.136. The molecule has 0 saturated heterocycles. The lowest BCUT2D eigenvalue weighted by Crippen LogP contribution is -2.35. The van der Waals surface area contributed by atoms with Crippen LogP contribution >= 0.6 is 0 Å². The summed E-state index contributed by atoms with van der Waals surface area (Å²) >= 11 is 0. The summed E-state index contributed by atoms with van der Waals surface area (Å²) in [5, 5.41) is 2.99. The van der Waals surface area contributed by atoms with Gasteiger partial charge in [-0.2, -0.15) is 0 Å². The van der Waals surface area contributed by atoms with Gasteiger partial charge in [-0.3, -0.25) is 14.7 Å². The van der Waals surface area contributed by atoms with Crippen LogP contribution in [0.1, 0.15) is 5.56 Å². The molecule has 0 fully saturated rings. The van der Waals surface area contributed by atoms with Crippen molar-refractivity contribution in [3.05, 3.63) is 74.9 Å². The van der Waals surface area contributed by atoms with E-state index < -0.39 is 11.8 Å². The summed E-state index contributed by atoms with van der Waals surface area (Å²) in [7, 11) is 1.28. The Morgan fingerprint density at radius 1 is 1.12 bits per heavy atom. The van der Waals surface area contributed by atoms with Gasteiger partial charge >= 0.3 is 11.8 Å². The topological polar surface area (TPSA) is 93.2 Å². The van der Waals surface area contributed by atoms with E-state index in [1.807, 2.05) is 0 Å². The third-order valence-corrected chi connectivity index (χ3v) is 3.62. The van der Waals surface area contributed by atoms with E-state index in [0.717, 1.165) is 10.1 Å². The fourth-order valence-electron chi connectivity index (χ4n) is 2.39. The molecule has 0 spiro atoms. The zero-order chi connectivity index (χ0) is 17.1. The lowest BCUT2D eigenvalue weighted by molar-refractivity contribution is 0.187. The molecule has 3 aromatic rings. The van der Waals surface area contributed by atoms with E-state index in [1.165, 1.54) is 7.11 Å². The number of aromatic nitrogens is 2. The van der Waals surface area contributed by atoms with Crippen LogP contribution in [0.3, 0.4) is 0 Å². The first-order chi connectivity index (χ1) is 11.6. The van der Waals surface area contributed by atoms with Crippen LogP contribution in [0.15, 0.2) is 58.1 Å². The normalized spacial score (nSPS) is 10.5. The van der Waals surface area contributed by atoms with Gasteiger partial charge in [0.1, 0.15) is 0 Å². The molecule has 2 N–H and O–H groups in total. The van der Waals surface area contributed by atoms with Crippen LogP contribution < -0.4 is 16.6 Å². The summed E-state index contributed by atoms with van der Waals surface area (Å²) in [6.45, 7) is 0.136. The van der Waals surface area contributed by atoms with E-state index >= 15 is 0 Å². The van der Waals surface area contributed by atoms with E-state index in [0.29, 0.717) is 16.6 Å². The van der Waals surface area contributed by atoms with Crippen LogP contribution in [-0.2, 0) is 11.3 Å². The number of nitrogens with zero attached hydrogens (tertiary/aromatic N) is 1. The molecule has 0 aliphatic rings. The molecule has 0 saturated carbocycles. The first-order valence-electron chi connectivity index (χ1n) is 7.24. The second kappa shape index (κ2) is 6.41. The molecule has 7 nitrogen and oxygen atoms in total. The van der Waals surface area contributed by atoms with Crippen LogP contribution in [-0.4, -0.2) is 22.8 Å². The minimum atomic E-state index is -0.565. The van der Waals surface area contributed by atoms with E-state index in [9.17, 15) is 14.4 Å². The molecular weight excluding hydrogens is 310 g/mol.